The Balaban J connectivity index is 2.41. The van der Waals surface area contributed by atoms with Gasteiger partial charge in [0.25, 0.3) is 0 Å². The van der Waals surface area contributed by atoms with E-state index in [9.17, 15) is 8.78 Å². The normalized spacial score (nSPS) is 10.4. The second-order valence-electron chi connectivity index (χ2n) is 3.52. The first-order valence-electron chi connectivity index (χ1n) is 4.95. The summed E-state index contributed by atoms with van der Waals surface area (Å²) in [4.78, 5) is 0. The molecule has 0 saturated carbocycles. The fourth-order valence-electron chi connectivity index (χ4n) is 1.53. The van der Waals surface area contributed by atoms with Crippen LogP contribution in [0.1, 0.15) is 5.56 Å². The van der Waals surface area contributed by atoms with Gasteiger partial charge >= 0.3 is 0 Å². The number of hydrogen-bond acceptors (Lipinski definition) is 1. The predicted octanol–water partition coefficient (Wildman–Crippen LogP) is 3.09. The minimum absolute atomic E-state index is 0.176. The first kappa shape index (κ1) is 10.8. The quantitative estimate of drug-likeness (QED) is 0.825. The molecule has 2 aromatic rings. The molecule has 0 aliphatic heterocycles. The average Bonchev–Trinajstić information content (AvgIpc) is 2.30. The number of rotatable bonds is 2. The molecule has 0 spiro atoms. The van der Waals surface area contributed by atoms with Crippen LogP contribution in [0.2, 0.25) is 0 Å². The van der Waals surface area contributed by atoms with Crippen LogP contribution in [0.3, 0.4) is 0 Å². The third-order valence-electron chi connectivity index (χ3n) is 2.45. The molecule has 3 heteroatoms. The van der Waals surface area contributed by atoms with Gasteiger partial charge in [0, 0.05) is 12.1 Å². The maximum absolute atomic E-state index is 13.5. The zero-order chi connectivity index (χ0) is 11.5. The summed E-state index contributed by atoms with van der Waals surface area (Å²) in [6.45, 7) is 0.176. The van der Waals surface area contributed by atoms with E-state index in [2.05, 4.69) is 0 Å². The third kappa shape index (κ3) is 2.09. The van der Waals surface area contributed by atoms with E-state index >= 15 is 0 Å². The topological polar surface area (TPSA) is 26.0 Å². The molecule has 2 aromatic carbocycles. The van der Waals surface area contributed by atoms with Crippen molar-refractivity contribution in [3.8, 4) is 11.1 Å². The highest BCUT2D eigenvalue weighted by atomic mass is 19.1. The van der Waals surface area contributed by atoms with Crippen molar-refractivity contribution >= 4 is 0 Å². The molecule has 0 atom stereocenters. The van der Waals surface area contributed by atoms with Gasteiger partial charge in [-0.2, -0.15) is 0 Å². The van der Waals surface area contributed by atoms with Gasteiger partial charge in [-0.1, -0.05) is 24.3 Å². The molecule has 0 amide bonds. The van der Waals surface area contributed by atoms with Gasteiger partial charge in [0.1, 0.15) is 11.6 Å². The molecule has 0 heterocycles. The summed E-state index contributed by atoms with van der Waals surface area (Å²) in [6.07, 6.45) is 0. The van der Waals surface area contributed by atoms with Crippen molar-refractivity contribution in [1.29, 1.82) is 0 Å². The standard InChI is InChI=1S/C13H11F2N/c14-12-5-3-9(4-6-12)10-1-2-11(8-16)13(15)7-10/h1-7H,8,16H2. The van der Waals surface area contributed by atoms with Gasteiger partial charge in [0.2, 0.25) is 0 Å². The minimum Gasteiger partial charge on any atom is -0.326 e. The Labute approximate surface area is 92.5 Å². The van der Waals surface area contributed by atoms with Gasteiger partial charge in [-0.05, 0) is 29.3 Å². The van der Waals surface area contributed by atoms with E-state index in [1.165, 1.54) is 18.2 Å². The highest BCUT2D eigenvalue weighted by Gasteiger charge is 2.03. The van der Waals surface area contributed by atoms with E-state index in [-0.39, 0.29) is 18.2 Å². The Bertz CT molecular complexity index is 492. The maximum Gasteiger partial charge on any atom is 0.128 e. The van der Waals surface area contributed by atoms with E-state index in [1.54, 1.807) is 24.3 Å². The molecule has 0 aliphatic rings. The van der Waals surface area contributed by atoms with Gasteiger partial charge in [0.05, 0.1) is 0 Å². The van der Waals surface area contributed by atoms with Crippen LogP contribution in [0, 0.1) is 11.6 Å². The van der Waals surface area contributed by atoms with Crippen molar-refractivity contribution in [2.75, 3.05) is 0 Å². The molecular weight excluding hydrogens is 208 g/mol. The summed E-state index contributed by atoms with van der Waals surface area (Å²) < 4.78 is 26.2. The summed E-state index contributed by atoms with van der Waals surface area (Å²) in [5.41, 5.74) is 7.35. The van der Waals surface area contributed by atoms with Gasteiger partial charge < -0.3 is 5.73 Å². The number of halogens is 2. The molecule has 2 rings (SSSR count). The van der Waals surface area contributed by atoms with Crippen molar-refractivity contribution in [1.82, 2.24) is 0 Å². The molecule has 2 N–H and O–H groups in total. The van der Waals surface area contributed by atoms with Crippen molar-refractivity contribution in [2.45, 2.75) is 6.54 Å². The largest absolute Gasteiger partial charge is 0.326 e. The Morgan fingerprint density at radius 3 is 2.06 bits per heavy atom. The van der Waals surface area contributed by atoms with Crippen LogP contribution >= 0.6 is 0 Å². The highest BCUT2D eigenvalue weighted by molar-refractivity contribution is 5.63. The van der Waals surface area contributed by atoms with Gasteiger partial charge in [-0.25, -0.2) is 8.78 Å². The lowest BCUT2D eigenvalue weighted by molar-refractivity contribution is 0.611. The first-order chi connectivity index (χ1) is 7.70. The van der Waals surface area contributed by atoms with Crippen LogP contribution in [0.25, 0.3) is 11.1 Å². The fraction of sp³-hybridized carbons (Fsp3) is 0.0769. The molecule has 0 radical (unpaired) electrons. The summed E-state index contributed by atoms with van der Waals surface area (Å²) in [7, 11) is 0. The molecule has 0 fully saturated rings. The number of benzene rings is 2. The van der Waals surface area contributed by atoms with Crippen LogP contribution in [-0.4, -0.2) is 0 Å². The molecule has 1 nitrogen and oxygen atoms in total. The molecule has 16 heavy (non-hydrogen) atoms. The number of nitrogens with two attached hydrogens (primary N) is 1. The van der Waals surface area contributed by atoms with E-state index < -0.39 is 0 Å². The fourth-order valence-corrected chi connectivity index (χ4v) is 1.53. The molecule has 0 aliphatic carbocycles. The third-order valence-corrected chi connectivity index (χ3v) is 2.45. The van der Waals surface area contributed by atoms with Crippen LogP contribution < -0.4 is 5.73 Å². The molecule has 82 valence electrons. The average molecular weight is 219 g/mol. The molecule has 0 aromatic heterocycles. The van der Waals surface area contributed by atoms with E-state index in [4.69, 9.17) is 5.73 Å². The smallest absolute Gasteiger partial charge is 0.128 e. The van der Waals surface area contributed by atoms with Gasteiger partial charge in [-0.15, -0.1) is 0 Å². The van der Waals surface area contributed by atoms with Crippen molar-refractivity contribution in [3.63, 3.8) is 0 Å². The van der Waals surface area contributed by atoms with E-state index in [0.29, 0.717) is 5.56 Å². The van der Waals surface area contributed by atoms with Crippen molar-refractivity contribution < 1.29 is 8.78 Å². The van der Waals surface area contributed by atoms with E-state index in [1.807, 2.05) is 0 Å². The van der Waals surface area contributed by atoms with E-state index in [0.717, 1.165) is 11.1 Å². The maximum atomic E-state index is 13.5. The monoisotopic (exact) mass is 219 g/mol. The summed E-state index contributed by atoms with van der Waals surface area (Å²) >= 11 is 0. The van der Waals surface area contributed by atoms with Crippen molar-refractivity contribution in [2.24, 2.45) is 5.73 Å². The predicted molar refractivity (Wildman–Crippen MR) is 59.7 cm³/mol. The Hall–Kier alpha value is -1.74. The van der Waals surface area contributed by atoms with Crippen LogP contribution in [-0.2, 0) is 6.54 Å². The van der Waals surface area contributed by atoms with Crippen LogP contribution in [0.4, 0.5) is 8.78 Å². The molecule has 0 unspecified atom stereocenters. The van der Waals surface area contributed by atoms with Gasteiger partial charge in [0.15, 0.2) is 0 Å². The second-order valence-corrected chi connectivity index (χ2v) is 3.52. The summed E-state index contributed by atoms with van der Waals surface area (Å²) in [5, 5.41) is 0. The lowest BCUT2D eigenvalue weighted by atomic mass is 10.0. The zero-order valence-electron chi connectivity index (χ0n) is 8.58. The Morgan fingerprint density at radius 2 is 1.50 bits per heavy atom. The minimum atomic E-state index is -0.329. The Morgan fingerprint density at radius 1 is 0.875 bits per heavy atom. The molecule has 0 saturated heterocycles. The SMILES string of the molecule is NCc1ccc(-c2ccc(F)cc2)cc1F. The van der Waals surface area contributed by atoms with Crippen LogP contribution in [0.5, 0.6) is 0 Å². The Kier molecular flexibility index (Phi) is 2.97. The zero-order valence-corrected chi connectivity index (χ0v) is 8.58. The molecular formula is C13H11F2N. The first-order valence-corrected chi connectivity index (χ1v) is 4.95. The molecule has 0 bridgehead atoms. The summed E-state index contributed by atoms with van der Waals surface area (Å²) in [6, 6.07) is 10.8. The van der Waals surface area contributed by atoms with Gasteiger partial charge in [-0.3, -0.25) is 0 Å². The second kappa shape index (κ2) is 4.41. The highest BCUT2D eigenvalue weighted by Crippen LogP contribution is 2.22. The lowest BCUT2D eigenvalue weighted by Gasteiger charge is -2.04. The van der Waals surface area contributed by atoms with Crippen molar-refractivity contribution in [3.05, 3.63) is 59.7 Å². The van der Waals surface area contributed by atoms with Crippen LogP contribution in [0.15, 0.2) is 42.5 Å². The lowest BCUT2D eigenvalue weighted by Crippen LogP contribution is -1.99. The number of hydrogen-bond donors (Lipinski definition) is 1. The summed E-state index contributed by atoms with van der Waals surface area (Å²) in [5.74, 6) is -0.632.